The Hall–Kier alpha value is -0.710. The van der Waals surface area contributed by atoms with E-state index >= 15 is 0 Å². The van der Waals surface area contributed by atoms with Crippen LogP contribution in [0.25, 0.3) is 0 Å². The zero-order chi connectivity index (χ0) is 13.3. The van der Waals surface area contributed by atoms with Crippen molar-refractivity contribution in [1.29, 1.82) is 0 Å². The van der Waals surface area contributed by atoms with Crippen molar-refractivity contribution in [3.05, 3.63) is 0 Å². The van der Waals surface area contributed by atoms with Gasteiger partial charge in [-0.2, -0.15) is 0 Å². The Labute approximate surface area is 108 Å². The van der Waals surface area contributed by atoms with E-state index in [0.717, 1.165) is 17.3 Å². The Morgan fingerprint density at radius 2 is 2.18 bits per heavy atom. The highest BCUT2D eigenvalue weighted by molar-refractivity contribution is 8.13. The van der Waals surface area contributed by atoms with E-state index in [1.54, 1.807) is 11.8 Å². The van der Waals surface area contributed by atoms with Crippen molar-refractivity contribution >= 4 is 22.8 Å². The second kappa shape index (κ2) is 4.88. The van der Waals surface area contributed by atoms with E-state index in [4.69, 9.17) is 5.73 Å². The van der Waals surface area contributed by atoms with Crippen LogP contribution in [0.2, 0.25) is 0 Å². The summed E-state index contributed by atoms with van der Waals surface area (Å²) in [6, 6.07) is 0. The van der Waals surface area contributed by atoms with Crippen LogP contribution >= 0.6 is 11.8 Å². The van der Waals surface area contributed by atoms with Crippen LogP contribution in [0.1, 0.15) is 41.0 Å². The van der Waals surface area contributed by atoms with Gasteiger partial charge in [0.1, 0.15) is 5.54 Å². The van der Waals surface area contributed by atoms with E-state index in [-0.39, 0.29) is 17.4 Å². The van der Waals surface area contributed by atoms with Crippen LogP contribution in [0.3, 0.4) is 0 Å². The van der Waals surface area contributed by atoms with Gasteiger partial charge in [-0.05, 0) is 33.1 Å². The number of hydrogen-bond donors (Lipinski definition) is 2. The van der Waals surface area contributed by atoms with Gasteiger partial charge in [0.15, 0.2) is 5.17 Å². The number of amides is 1. The first-order chi connectivity index (χ1) is 7.67. The molecule has 98 valence electrons. The smallest absolute Gasteiger partial charge is 0.243 e. The highest BCUT2D eigenvalue weighted by Gasteiger charge is 2.37. The summed E-state index contributed by atoms with van der Waals surface area (Å²) >= 11 is 1.66. The maximum absolute atomic E-state index is 11.6. The van der Waals surface area contributed by atoms with Crippen molar-refractivity contribution in [1.82, 2.24) is 5.32 Å². The molecule has 1 rings (SSSR count). The summed E-state index contributed by atoms with van der Waals surface area (Å²) in [5, 5.41) is 4.06. The van der Waals surface area contributed by atoms with E-state index in [2.05, 4.69) is 24.2 Å². The normalized spacial score (nSPS) is 22.8. The van der Waals surface area contributed by atoms with Crippen molar-refractivity contribution in [2.45, 2.75) is 52.1 Å². The van der Waals surface area contributed by atoms with Gasteiger partial charge in [0.05, 0.1) is 5.54 Å². The van der Waals surface area contributed by atoms with Gasteiger partial charge >= 0.3 is 0 Å². The summed E-state index contributed by atoms with van der Waals surface area (Å²) in [5.74, 6) is 0.804. The number of nitrogens with one attached hydrogen (secondary N) is 1. The summed E-state index contributed by atoms with van der Waals surface area (Å²) in [4.78, 5) is 16.2. The number of carbonyl (C=O) groups excluding carboxylic acids is 1. The number of rotatable bonds is 3. The van der Waals surface area contributed by atoms with Crippen LogP contribution in [0.5, 0.6) is 0 Å². The largest absolute Gasteiger partial charge is 0.368 e. The monoisotopic (exact) mass is 257 g/mol. The number of thioether (sulfide) groups is 1. The number of nitrogens with two attached hydrogens (primary N) is 1. The fourth-order valence-corrected chi connectivity index (χ4v) is 2.93. The maximum Gasteiger partial charge on any atom is 0.243 e. The Bertz CT molecular complexity index is 339. The molecular formula is C12H23N3OS. The molecule has 1 aliphatic heterocycles. The van der Waals surface area contributed by atoms with Gasteiger partial charge in [-0.15, -0.1) is 0 Å². The van der Waals surface area contributed by atoms with Crippen molar-refractivity contribution in [3.63, 3.8) is 0 Å². The lowest BCUT2D eigenvalue weighted by Crippen LogP contribution is -2.58. The summed E-state index contributed by atoms with van der Waals surface area (Å²) in [5.41, 5.74) is 4.70. The zero-order valence-corrected chi connectivity index (χ0v) is 12.1. The van der Waals surface area contributed by atoms with Crippen LogP contribution in [-0.4, -0.2) is 27.9 Å². The summed E-state index contributed by atoms with van der Waals surface area (Å²) in [6.07, 6.45) is 1.05. The molecule has 1 aliphatic rings. The van der Waals surface area contributed by atoms with Gasteiger partial charge in [-0.25, -0.2) is 0 Å². The molecule has 0 radical (unpaired) electrons. The molecule has 1 unspecified atom stereocenters. The van der Waals surface area contributed by atoms with E-state index in [1.807, 2.05) is 20.8 Å². The number of hydrogen-bond acceptors (Lipinski definition) is 4. The quantitative estimate of drug-likeness (QED) is 0.809. The molecule has 3 N–H and O–H groups in total. The molecule has 0 aliphatic carbocycles. The van der Waals surface area contributed by atoms with Gasteiger partial charge < -0.3 is 11.1 Å². The van der Waals surface area contributed by atoms with E-state index in [1.165, 1.54) is 0 Å². The van der Waals surface area contributed by atoms with E-state index in [9.17, 15) is 4.79 Å². The van der Waals surface area contributed by atoms with Crippen LogP contribution < -0.4 is 11.1 Å². The third-order valence-corrected chi connectivity index (χ3v) is 4.27. The molecule has 0 saturated carbocycles. The fraction of sp³-hybridized carbons (Fsp3) is 0.833. The standard InChI is InChI=1S/C12H23N3OS/c1-8(2)12(5,9(13)16)15-10-14-11(3,4)6-7-17-10/h8H,6-7H2,1-5H3,(H2,13,16)(H,14,15). The molecule has 1 amide bonds. The lowest BCUT2D eigenvalue weighted by Gasteiger charge is -2.35. The van der Waals surface area contributed by atoms with E-state index in [0.29, 0.717) is 0 Å². The molecule has 0 fully saturated rings. The minimum Gasteiger partial charge on any atom is -0.368 e. The van der Waals surface area contributed by atoms with Crippen LogP contribution in [0, 0.1) is 5.92 Å². The minimum atomic E-state index is -0.737. The number of amidine groups is 1. The van der Waals surface area contributed by atoms with Gasteiger partial charge in [-0.1, -0.05) is 25.6 Å². The highest BCUT2D eigenvalue weighted by atomic mass is 32.2. The van der Waals surface area contributed by atoms with Crippen molar-refractivity contribution in [2.24, 2.45) is 16.6 Å². The predicted octanol–water partition coefficient (Wildman–Crippen LogP) is 1.75. The average molecular weight is 257 g/mol. The fourth-order valence-electron chi connectivity index (χ4n) is 1.54. The summed E-state index contributed by atoms with van der Waals surface area (Å²) in [7, 11) is 0. The number of primary amides is 1. The number of nitrogens with zero attached hydrogens (tertiary/aromatic N) is 1. The second-order valence-electron chi connectivity index (χ2n) is 5.67. The molecular weight excluding hydrogens is 234 g/mol. The second-order valence-corrected chi connectivity index (χ2v) is 6.76. The van der Waals surface area contributed by atoms with Crippen molar-refractivity contribution < 1.29 is 4.79 Å². The Morgan fingerprint density at radius 1 is 1.59 bits per heavy atom. The van der Waals surface area contributed by atoms with Crippen molar-refractivity contribution in [3.8, 4) is 0 Å². The van der Waals surface area contributed by atoms with Crippen LogP contribution in [0.4, 0.5) is 0 Å². The Kier molecular flexibility index (Phi) is 4.12. The Morgan fingerprint density at radius 3 is 2.59 bits per heavy atom. The zero-order valence-electron chi connectivity index (χ0n) is 11.3. The van der Waals surface area contributed by atoms with Crippen molar-refractivity contribution in [2.75, 3.05) is 5.75 Å². The van der Waals surface area contributed by atoms with Crippen LogP contribution in [0.15, 0.2) is 4.99 Å². The first-order valence-electron chi connectivity index (χ1n) is 5.98. The number of aliphatic imine (C=N–C) groups is 1. The lowest BCUT2D eigenvalue weighted by molar-refractivity contribution is -0.124. The van der Waals surface area contributed by atoms with E-state index < -0.39 is 5.54 Å². The summed E-state index contributed by atoms with van der Waals surface area (Å²) < 4.78 is 0. The third-order valence-electron chi connectivity index (χ3n) is 3.39. The molecule has 0 spiro atoms. The molecule has 1 heterocycles. The first kappa shape index (κ1) is 14.4. The van der Waals surface area contributed by atoms with Gasteiger partial charge in [0.2, 0.25) is 5.91 Å². The first-order valence-corrected chi connectivity index (χ1v) is 6.97. The molecule has 4 nitrogen and oxygen atoms in total. The summed E-state index contributed by atoms with van der Waals surface area (Å²) in [6.45, 7) is 10.0. The van der Waals surface area contributed by atoms with Gasteiger partial charge in [-0.3, -0.25) is 9.79 Å². The Balaban J connectivity index is 2.89. The van der Waals surface area contributed by atoms with Gasteiger partial charge in [0, 0.05) is 5.75 Å². The molecule has 5 heteroatoms. The molecule has 1 atom stereocenters. The molecule has 0 bridgehead atoms. The topological polar surface area (TPSA) is 67.5 Å². The minimum absolute atomic E-state index is 0.0525. The molecule has 0 aromatic heterocycles. The molecule has 17 heavy (non-hydrogen) atoms. The molecule has 0 aromatic rings. The third kappa shape index (κ3) is 3.37. The van der Waals surface area contributed by atoms with Crippen LogP contribution in [-0.2, 0) is 4.79 Å². The molecule has 0 saturated heterocycles. The maximum atomic E-state index is 11.6. The number of carbonyl (C=O) groups is 1. The average Bonchev–Trinajstić information content (AvgIpc) is 2.15. The molecule has 0 aromatic carbocycles. The SMILES string of the molecule is CC(C)C(C)(NC1=NC(C)(C)CCS1)C(N)=O. The predicted molar refractivity (Wildman–Crippen MR) is 74.2 cm³/mol. The highest BCUT2D eigenvalue weighted by Crippen LogP contribution is 2.27. The van der Waals surface area contributed by atoms with Gasteiger partial charge in [0.25, 0.3) is 0 Å². The lowest BCUT2D eigenvalue weighted by atomic mass is 9.88.